The number of hydrogen-bond donors (Lipinski definition) is 1. The Bertz CT molecular complexity index is 647. The number of nitrogen functional groups attached to an aromatic ring is 1. The van der Waals surface area contributed by atoms with Gasteiger partial charge in [-0.25, -0.2) is 4.39 Å². The maximum atomic E-state index is 13.4. The van der Waals surface area contributed by atoms with Gasteiger partial charge in [-0.15, -0.1) is 0 Å². The second-order valence-corrected chi connectivity index (χ2v) is 3.61. The summed E-state index contributed by atoms with van der Waals surface area (Å²) in [6.07, 6.45) is 0. The summed E-state index contributed by atoms with van der Waals surface area (Å²) >= 11 is 0. The average Bonchev–Trinajstić information content (AvgIpc) is 2.34. The molecule has 0 aromatic heterocycles. The zero-order valence-electron chi connectivity index (χ0n) is 9.47. The van der Waals surface area contributed by atoms with Crippen LogP contribution in [0.3, 0.4) is 0 Å². The summed E-state index contributed by atoms with van der Waals surface area (Å²) in [5.41, 5.74) is 4.83. The first-order valence-corrected chi connectivity index (χ1v) is 5.15. The van der Waals surface area contributed by atoms with Crippen LogP contribution in [0.15, 0.2) is 36.4 Å². The molecule has 0 aliphatic carbocycles. The van der Waals surface area contributed by atoms with Crippen LogP contribution in [0.25, 0.3) is 0 Å². The minimum atomic E-state index is -1.22. The molecule has 0 saturated heterocycles. The molecule has 98 valence electrons. The lowest BCUT2D eigenvalue weighted by Gasteiger charge is -2.08. The molecule has 19 heavy (non-hydrogen) atoms. The highest BCUT2D eigenvalue weighted by Crippen LogP contribution is 2.36. The molecule has 0 atom stereocenters. The smallest absolute Gasteiger partial charge is 0.334 e. The molecule has 0 aliphatic heterocycles. The van der Waals surface area contributed by atoms with Crippen LogP contribution in [0, 0.1) is 21.7 Å². The Hall–Kier alpha value is -2.70. The van der Waals surface area contributed by atoms with Crippen LogP contribution in [-0.4, -0.2) is 4.92 Å². The van der Waals surface area contributed by atoms with Crippen molar-refractivity contribution in [3.63, 3.8) is 0 Å². The van der Waals surface area contributed by atoms with Gasteiger partial charge in [-0.1, -0.05) is 12.1 Å². The second kappa shape index (κ2) is 4.89. The van der Waals surface area contributed by atoms with Crippen LogP contribution < -0.4 is 10.5 Å². The first-order valence-electron chi connectivity index (χ1n) is 5.15. The van der Waals surface area contributed by atoms with Crippen LogP contribution in [0.5, 0.6) is 11.5 Å². The summed E-state index contributed by atoms with van der Waals surface area (Å²) in [4.78, 5) is 10.1. The molecule has 2 N–H and O–H groups in total. The van der Waals surface area contributed by atoms with Gasteiger partial charge in [0.2, 0.25) is 11.6 Å². The molecule has 0 aliphatic rings. The van der Waals surface area contributed by atoms with Crippen molar-refractivity contribution >= 4 is 11.4 Å². The molecular weight excluding hydrogens is 258 g/mol. The number of nitrogens with two attached hydrogens (primary N) is 1. The zero-order chi connectivity index (χ0) is 14.0. The fourth-order valence-corrected chi connectivity index (χ4v) is 1.50. The molecule has 0 unspecified atom stereocenters. The Labute approximate surface area is 106 Å². The topological polar surface area (TPSA) is 78.4 Å². The Morgan fingerprint density at radius 1 is 1.11 bits per heavy atom. The summed E-state index contributed by atoms with van der Waals surface area (Å²) in [6.45, 7) is 0. The minimum absolute atomic E-state index is 0.126. The van der Waals surface area contributed by atoms with Crippen LogP contribution in [0.2, 0.25) is 0 Å². The highest BCUT2D eigenvalue weighted by molar-refractivity contribution is 5.66. The average molecular weight is 266 g/mol. The third kappa shape index (κ3) is 2.44. The van der Waals surface area contributed by atoms with E-state index in [2.05, 4.69) is 0 Å². The Kier molecular flexibility index (Phi) is 3.28. The molecular formula is C12H8F2N2O3. The number of para-hydroxylation sites is 1. The number of halogens is 2. The predicted octanol–water partition coefficient (Wildman–Crippen LogP) is 3.25. The van der Waals surface area contributed by atoms with E-state index in [1.165, 1.54) is 24.3 Å². The number of nitro groups is 1. The van der Waals surface area contributed by atoms with Crippen molar-refractivity contribution < 1.29 is 18.4 Å². The summed E-state index contributed by atoms with van der Waals surface area (Å²) in [5, 5.41) is 10.9. The largest absolute Gasteiger partial charge is 0.447 e. The van der Waals surface area contributed by atoms with E-state index in [1.54, 1.807) is 0 Å². The molecule has 0 bridgehead atoms. The van der Waals surface area contributed by atoms with Crippen molar-refractivity contribution in [2.75, 3.05) is 5.73 Å². The lowest BCUT2D eigenvalue weighted by atomic mass is 10.2. The van der Waals surface area contributed by atoms with Crippen molar-refractivity contribution in [2.24, 2.45) is 0 Å². The molecule has 5 nitrogen and oxygen atoms in total. The first-order chi connectivity index (χ1) is 9.00. The highest BCUT2D eigenvalue weighted by Gasteiger charge is 2.21. The highest BCUT2D eigenvalue weighted by atomic mass is 19.2. The summed E-state index contributed by atoms with van der Waals surface area (Å²) in [6, 6.07) is 7.27. The summed E-state index contributed by atoms with van der Waals surface area (Å²) in [5.74, 6) is -3.04. The fraction of sp³-hybridized carbons (Fsp3) is 0. The van der Waals surface area contributed by atoms with Gasteiger partial charge < -0.3 is 10.5 Å². The van der Waals surface area contributed by atoms with Gasteiger partial charge in [0.05, 0.1) is 4.92 Å². The van der Waals surface area contributed by atoms with Gasteiger partial charge in [-0.05, 0) is 24.3 Å². The lowest BCUT2D eigenvalue weighted by Crippen LogP contribution is -1.99. The van der Waals surface area contributed by atoms with Gasteiger partial charge in [0, 0.05) is 0 Å². The third-order valence-electron chi connectivity index (χ3n) is 2.35. The van der Waals surface area contributed by atoms with Crippen molar-refractivity contribution in [3.05, 3.63) is 58.1 Å². The Balaban J connectivity index is 2.47. The van der Waals surface area contributed by atoms with Crippen LogP contribution in [-0.2, 0) is 0 Å². The SMILES string of the molecule is Nc1cccc(Oc2cccc(F)c2F)c1[N+](=O)[O-]. The monoisotopic (exact) mass is 266 g/mol. The number of benzene rings is 2. The van der Waals surface area contributed by atoms with E-state index in [-0.39, 0.29) is 11.4 Å². The Morgan fingerprint density at radius 2 is 1.74 bits per heavy atom. The molecule has 0 spiro atoms. The van der Waals surface area contributed by atoms with Gasteiger partial charge in [0.15, 0.2) is 11.6 Å². The van der Waals surface area contributed by atoms with E-state index in [0.29, 0.717) is 0 Å². The Morgan fingerprint density at radius 3 is 2.42 bits per heavy atom. The van der Waals surface area contributed by atoms with E-state index in [0.717, 1.165) is 12.1 Å². The number of hydrogen-bond acceptors (Lipinski definition) is 4. The molecule has 0 saturated carbocycles. The van der Waals surface area contributed by atoms with E-state index >= 15 is 0 Å². The van der Waals surface area contributed by atoms with Gasteiger partial charge in [0.1, 0.15) is 5.69 Å². The number of anilines is 1. The second-order valence-electron chi connectivity index (χ2n) is 3.61. The van der Waals surface area contributed by atoms with E-state index in [1.807, 2.05) is 0 Å². The van der Waals surface area contributed by atoms with Crippen LogP contribution >= 0.6 is 0 Å². The minimum Gasteiger partial charge on any atom is -0.447 e. The lowest BCUT2D eigenvalue weighted by molar-refractivity contribution is -0.384. The maximum Gasteiger partial charge on any atom is 0.334 e. The molecule has 2 aromatic carbocycles. The van der Waals surface area contributed by atoms with Crippen LogP contribution in [0.4, 0.5) is 20.2 Å². The molecule has 0 amide bonds. The normalized spacial score (nSPS) is 10.2. The van der Waals surface area contributed by atoms with Gasteiger partial charge in [0.25, 0.3) is 0 Å². The summed E-state index contributed by atoms with van der Waals surface area (Å²) in [7, 11) is 0. The quantitative estimate of drug-likeness (QED) is 0.525. The third-order valence-corrected chi connectivity index (χ3v) is 2.35. The molecule has 0 radical (unpaired) electrons. The standard InChI is InChI=1S/C12H8F2N2O3/c13-7-3-1-5-9(11(7)14)19-10-6-2-4-8(15)12(10)16(17)18/h1-6H,15H2. The molecule has 2 rings (SSSR count). The van der Waals surface area contributed by atoms with E-state index < -0.39 is 28.0 Å². The molecule has 2 aromatic rings. The van der Waals surface area contributed by atoms with Crippen molar-refractivity contribution in [2.45, 2.75) is 0 Å². The van der Waals surface area contributed by atoms with Gasteiger partial charge in [-0.3, -0.25) is 10.1 Å². The fourth-order valence-electron chi connectivity index (χ4n) is 1.50. The summed E-state index contributed by atoms with van der Waals surface area (Å²) < 4.78 is 31.5. The maximum absolute atomic E-state index is 13.4. The van der Waals surface area contributed by atoms with Gasteiger partial charge in [-0.2, -0.15) is 4.39 Å². The molecule has 7 heteroatoms. The molecule has 0 heterocycles. The van der Waals surface area contributed by atoms with E-state index in [4.69, 9.17) is 10.5 Å². The number of nitro benzene ring substituents is 1. The zero-order valence-corrected chi connectivity index (χ0v) is 9.47. The van der Waals surface area contributed by atoms with Crippen molar-refractivity contribution in [1.29, 1.82) is 0 Å². The van der Waals surface area contributed by atoms with Crippen LogP contribution in [0.1, 0.15) is 0 Å². The number of rotatable bonds is 3. The predicted molar refractivity (Wildman–Crippen MR) is 63.9 cm³/mol. The van der Waals surface area contributed by atoms with Crippen molar-refractivity contribution in [3.8, 4) is 11.5 Å². The van der Waals surface area contributed by atoms with Gasteiger partial charge >= 0.3 is 5.69 Å². The first kappa shape index (κ1) is 12.7. The number of nitrogens with zero attached hydrogens (tertiary/aromatic N) is 1. The molecule has 0 fully saturated rings. The van der Waals surface area contributed by atoms with Crippen molar-refractivity contribution in [1.82, 2.24) is 0 Å². The van der Waals surface area contributed by atoms with E-state index in [9.17, 15) is 18.9 Å². The number of ether oxygens (including phenoxy) is 1.